The fourth-order valence-corrected chi connectivity index (χ4v) is 4.26. The third-order valence-electron chi connectivity index (χ3n) is 6.09. The molecule has 35 heavy (non-hydrogen) atoms. The first-order valence-electron chi connectivity index (χ1n) is 11.4. The Kier molecular flexibility index (Phi) is 6.64. The number of carbonyl (C=O) groups excluding carboxylic acids is 4. The molecule has 1 aliphatic heterocycles. The molecule has 180 valence electrons. The number of ketones is 1. The molecule has 0 aliphatic carbocycles. The van der Waals surface area contributed by atoms with Crippen LogP contribution in [-0.4, -0.2) is 46.2 Å². The first kappa shape index (κ1) is 24.1. The second-order valence-electron chi connectivity index (χ2n) is 8.47. The van der Waals surface area contributed by atoms with Gasteiger partial charge in [0.15, 0.2) is 6.61 Å². The number of rotatable bonds is 8. The van der Waals surface area contributed by atoms with Gasteiger partial charge in [-0.2, -0.15) is 0 Å². The Morgan fingerprint density at radius 1 is 0.943 bits per heavy atom. The molecule has 3 aromatic rings. The van der Waals surface area contributed by atoms with Crippen LogP contribution in [-0.2, 0) is 4.74 Å². The van der Waals surface area contributed by atoms with Gasteiger partial charge >= 0.3 is 5.97 Å². The number of hydrogen-bond donors (Lipinski definition) is 0. The maximum atomic E-state index is 13.3. The fourth-order valence-electron chi connectivity index (χ4n) is 4.26. The van der Waals surface area contributed by atoms with Gasteiger partial charge in [0.2, 0.25) is 5.78 Å². The van der Waals surface area contributed by atoms with Gasteiger partial charge in [-0.05, 0) is 68.8 Å². The van der Waals surface area contributed by atoms with Crippen LogP contribution in [0.5, 0.6) is 0 Å². The van der Waals surface area contributed by atoms with Gasteiger partial charge in [0.25, 0.3) is 11.8 Å². The highest BCUT2D eigenvalue weighted by Crippen LogP contribution is 2.25. The Bertz CT molecular complexity index is 1340. The van der Waals surface area contributed by atoms with E-state index in [2.05, 4.69) is 0 Å². The number of benzene rings is 2. The summed E-state index contributed by atoms with van der Waals surface area (Å²) in [7, 11) is 0. The van der Waals surface area contributed by atoms with E-state index in [4.69, 9.17) is 4.74 Å². The standard InChI is InChI=1S/C27H25FN2O5/c1-4-5-12-29-25(32)21-11-6-18(14-23(21)26(29)33)27(34)35-15-24(31)22-13-16(2)30(17(22)3)20-9-7-19(28)8-10-20/h6-11,13-14H,4-5,12,15H2,1-3H3. The summed E-state index contributed by atoms with van der Waals surface area (Å²) < 4.78 is 20.3. The van der Waals surface area contributed by atoms with E-state index in [-0.39, 0.29) is 28.4 Å². The highest BCUT2D eigenvalue weighted by Gasteiger charge is 2.35. The summed E-state index contributed by atoms with van der Waals surface area (Å²) in [5.41, 5.74) is 3.03. The molecule has 0 unspecified atom stereocenters. The van der Waals surface area contributed by atoms with Crippen LogP contribution in [0.3, 0.4) is 0 Å². The topological polar surface area (TPSA) is 85.7 Å². The molecule has 0 bridgehead atoms. The van der Waals surface area contributed by atoms with Crippen molar-refractivity contribution in [3.8, 4) is 5.69 Å². The lowest BCUT2D eigenvalue weighted by Crippen LogP contribution is -2.30. The van der Waals surface area contributed by atoms with E-state index in [0.29, 0.717) is 29.9 Å². The molecule has 2 aromatic carbocycles. The SMILES string of the molecule is CCCCN1C(=O)c2ccc(C(=O)OCC(=O)c3cc(C)n(-c4ccc(F)cc4)c3C)cc2C1=O. The van der Waals surface area contributed by atoms with Crippen LogP contribution in [0.2, 0.25) is 0 Å². The second-order valence-corrected chi connectivity index (χ2v) is 8.47. The molecule has 8 heteroatoms. The number of aryl methyl sites for hydroxylation is 1. The number of hydrogen-bond acceptors (Lipinski definition) is 5. The van der Waals surface area contributed by atoms with Gasteiger partial charge in [-0.15, -0.1) is 0 Å². The van der Waals surface area contributed by atoms with Crippen LogP contribution < -0.4 is 0 Å². The van der Waals surface area contributed by atoms with Crippen molar-refractivity contribution in [2.24, 2.45) is 0 Å². The third kappa shape index (κ3) is 4.51. The zero-order valence-electron chi connectivity index (χ0n) is 19.8. The highest BCUT2D eigenvalue weighted by molar-refractivity contribution is 6.22. The van der Waals surface area contributed by atoms with E-state index in [0.717, 1.165) is 12.1 Å². The first-order valence-corrected chi connectivity index (χ1v) is 11.4. The summed E-state index contributed by atoms with van der Waals surface area (Å²) in [6.07, 6.45) is 1.54. The summed E-state index contributed by atoms with van der Waals surface area (Å²) in [6, 6.07) is 11.8. The highest BCUT2D eigenvalue weighted by atomic mass is 19.1. The number of esters is 1. The van der Waals surface area contributed by atoms with Crippen molar-refractivity contribution in [3.63, 3.8) is 0 Å². The van der Waals surface area contributed by atoms with Crippen molar-refractivity contribution in [1.82, 2.24) is 9.47 Å². The molecule has 0 radical (unpaired) electrons. The summed E-state index contributed by atoms with van der Waals surface area (Å²) in [5.74, 6) is -2.31. The van der Waals surface area contributed by atoms with Gasteiger partial charge in [-0.1, -0.05) is 13.3 Å². The van der Waals surface area contributed by atoms with Crippen molar-refractivity contribution in [3.05, 3.63) is 88.0 Å². The summed E-state index contributed by atoms with van der Waals surface area (Å²) in [5, 5.41) is 0. The lowest BCUT2D eigenvalue weighted by atomic mass is 10.1. The molecule has 7 nitrogen and oxygen atoms in total. The van der Waals surface area contributed by atoms with Gasteiger partial charge in [-0.25, -0.2) is 9.18 Å². The lowest BCUT2D eigenvalue weighted by Gasteiger charge is -2.12. The molecule has 1 aliphatic rings. The Hall–Kier alpha value is -4.07. The molecular weight excluding hydrogens is 451 g/mol. The monoisotopic (exact) mass is 476 g/mol. The van der Waals surface area contributed by atoms with E-state index < -0.39 is 24.3 Å². The molecule has 1 aromatic heterocycles. The number of aromatic nitrogens is 1. The van der Waals surface area contributed by atoms with Crippen molar-refractivity contribution < 1.29 is 28.3 Å². The third-order valence-corrected chi connectivity index (χ3v) is 6.09. The second kappa shape index (κ2) is 9.66. The molecule has 2 heterocycles. The van der Waals surface area contributed by atoms with Crippen LogP contribution in [0, 0.1) is 19.7 Å². The van der Waals surface area contributed by atoms with Crippen LogP contribution in [0.4, 0.5) is 4.39 Å². The predicted octanol–water partition coefficient (Wildman–Crippen LogP) is 4.67. The quantitative estimate of drug-likeness (QED) is 0.268. The zero-order chi connectivity index (χ0) is 25.3. The molecular formula is C27H25FN2O5. The van der Waals surface area contributed by atoms with Crippen molar-refractivity contribution in [2.75, 3.05) is 13.2 Å². The van der Waals surface area contributed by atoms with Gasteiger partial charge in [0.05, 0.1) is 16.7 Å². The van der Waals surface area contributed by atoms with Crippen LogP contribution in [0.15, 0.2) is 48.5 Å². The molecule has 0 atom stereocenters. The number of nitrogens with zero attached hydrogens (tertiary/aromatic N) is 2. The predicted molar refractivity (Wildman–Crippen MR) is 127 cm³/mol. The first-order chi connectivity index (χ1) is 16.7. The zero-order valence-corrected chi connectivity index (χ0v) is 19.8. The lowest BCUT2D eigenvalue weighted by molar-refractivity contribution is 0.0474. The summed E-state index contributed by atoms with van der Waals surface area (Å²) in [4.78, 5) is 51.7. The van der Waals surface area contributed by atoms with Gasteiger partial charge < -0.3 is 9.30 Å². The number of ether oxygens (including phenoxy) is 1. The van der Waals surface area contributed by atoms with Gasteiger partial charge in [0.1, 0.15) is 5.82 Å². The molecule has 2 amide bonds. The minimum absolute atomic E-state index is 0.0897. The Morgan fingerprint density at radius 3 is 2.31 bits per heavy atom. The van der Waals surface area contributed by atoms with Gasteiger partial charge in [-0.3, -0.25) is 19.3 Å². The van der Waals surface area contributed by atoms with E-state index in [1.165, 1.54) is 35.2 Å². The van der Waals surface area contributed by atoms with Crippen LogP contribution in [0.25, 0.3) is 5.69 Å². The minimum Gasteiger partial charge on any atom is -0.454 e. The van der Waals surface area contributed by atoms with Crippen molar-refractivity contribution >= 4 is 23.6 Å². The van der Waals surface area contributed by atoms with Crippen molar-refractivity contribution in [1.29, 1.82) is 0 Å². The molecule has 0 saturated carbocycles. The Labute approximate surface area is 202 Å². The van der Waals surface area contributed by atoms with Crippen LogP contribution in [0.1, 0.15) is 72.6 Å². The normalized spacial score (nSPS) is 12.7. The molecule has 0 N–H and O–H groups in total. The number of amides is 2. The number of carbonyl (C=O) groups is 4. The number of imide groups is 1. The number of halogens is 1. The molecule has 0 fully saturated rings. The molecule has 0 spiro atoms. The summed E-state index contributed by atoms with van der Waals surface area (Å²) in [6.45, 7) is 5.39. The fraction of sp³-hybridized carbons (Fsp3) is 0.259. The average molecular weight is 477 g/mol. The van der Waals surface area contributed by atoms with Gasteiger partial charge in [0, 0.05) is 29.2 Å². The van der Waals surface area contributed by atoms with Crippen molar-refractivity contribution in [2.45, 2.75) is 33.6 Å². The smallest absolute Gasteiger partial charge is 0.338 e. The van der Waals surface area contributed by atoms with E-state index in [1.54, 1.807) is 25.1 Å². The van der Waals surface area contributed by atoms with Crippen LogP contribution >= 0.6 is 0 Å². The van der Waals surface area contributed by atoms with E-state index in [9.17, 15) is 23.6 Å². The number of fused-ring (bicyclic) bond motifs is 1. The Morgan fingerprint density at radius 2 is 1.63 bits per heavy atom. The summed E-state index contributed by atoms with van der Waals surface area (Å²) >= 11 is 0. The molecule has 4 rings (SSSR count). The van der Waals surface area contributed by atoms with E-state index >= 15 is 0 Å². The minimum atomic E-state index is -0.763. The average Bonchev–Trinajstić information content (AvgIpc) is 3.28. The largest absolute Gasteiger partial charge is 0.454 e. The number of unbranched alkanes of at least 4 members (excludes halogenated alkanes) is 1. The maximum absolute atomic E-state index is 13.3. The Balaban J connectivity index is 1.47. The number of Topliss-reactive ketones (excluding diaryl/α,β-unsaturated/α-hetero) is 1. The van der Waals surface area contributed by atoms with E-state index in [1.807, 2.05) is 18.4 Å². The maximum Gasteiger partial charge on any atom is 0.338 e. The molecule has 0 saturated heterocycles.